The van der Waals surface area contributed by atoms with Crippen LogP contribution in [0, 0.1) is 0 Å². The first kappa shape index (κ1) is 22.8. The summed E-state index contributed by atoms with van der Waals surface area (Å²) in [5, 5.41) is 5.84. The van der Waals surface area contributed by atoms with Crippen LogP contribution in [0.4, 0.5) is 0 Å². The van der Waals surface area contributed by atoms with E-state index in [1.807, 2.05) is 42.5 Å². The molecule has 7 heteroatoms. The first-order valence-corrected chi connectivity index (χ1v) is 10.8. The van der Waals surface area contributed by atoms with Crippen molar-refractivity contribution in [1.82, 2.24) is 15.5 Å². The summed E-state index contributed by atoms with van der Waals surface area (Å²) in [6.07, 6.45) is 1.21. The van der Waals surface area contributed by atoms with Gasteiger partial charge in [-0.15, -0.1) is 0 Å². The maximum atomic E-state index is 12.3. The van der Waals surface area contributed by atoms with E-state index in [4.69, 9.17) is 9.47 Å². The molecule has 2 aromatic carbocycles. The molecule has 0 aliphatic carbocycles. The molecule has 3 rings (SSSR count). The fourth-order valence-electron chi connectivity index (χ4n) is 3.27. The lowest BCUT2D eigenvalue weighted by atomic mass is 10.1. The van der Waals surface area contributed by atoms with Crippen molar-refractivity contribution in [3.05, 3.63) is 65.7 Å². The van der Waals surface area contributed by atoms with Gasteiger partial charge < -0.3 is 20.1 Å². The van der Waals surface area contributed by atoms with E-state index in [9.17, 15) is 9.59 Å². The molecule has 0 spiro atoms. The number of hydrogen-bond donors (Lipinski definition) is 2. The van der Waals surface area contributed by atoms with Gasteiger partial charge in [-0.1, -0.05) is 30.3 Å². The standard InChI is InChI=1S/C24H31N3O4/c28-23(11-16-31-22-5-2-1-3-6-22)26-19-20-7-9-21(10-8-20)24(29)25-12-4-13-27-14-17-30-18-15-27/h1-3,5-10H,4,11-19H2,(H,25,29)(H,26,28). The average molecular weight is 426 g/mol. The Balaban J connectivity index is 1.29. The Hall–Kier alpha value is -2.90. The van der Waals surface area contributed by atoms with Crippen molar-refractivity contribution in [2.24, 2.45) is 0 Å². The molecule has 0 aromatic heterocycles. The number of ether oxygens (including phenoxy) is 2. The van der Waals surface area contributed by atoms with Crippen LogP contribution >= 0.6 is 0 Å². The minimum Gasteiger partial charge on any atom is -0.493 e. The number of nitrogens with zero attached hydrogens (tertiary/aromatic N) is 1. The van der Waals surface area contributed by atoms with Crippen molar-refractivity contribution >= 4 is 11.8 Å². The Morgan fingerprint density at radius 3 is 2.45 bits per heavy atom. The highest BCUT2D eigenvalue weighted by Crippen LogP contribution is 2.08. The van der Waals surface area contributed by atoms with Gasteiger partial charge in [0.1, 0.15) is 5.75 Å². The van der Waals surface area contributed by atoms with Crippen LogP contribution in [0.25, 0.3) is 0 Å². The van der Waals surface area contributed by atoms with Crippen molar-refractivity contribution in [2.75, 3.05) is 46.0 Å². The predicted octanol–water partition coefficient (Wildman–Crippen LogP) is 2.22. The van der Waals surface area contributed by atoms with Crippen LogP contribution in [-0.4, -0.2) is 62.7 Å². The number of para-hydroxylation sites is 1. The molecule has 0 bridgehead atoms. The third-order valence-corrected chi connectivity index (χ3v) is 5.09. The van der Waals surface area contributed by atoms with Crippen molar-refractivity contribution in [3.8, 4) is 5.75 Å². The highest BCUT2D eigenvalue weighted by Gasteiger charge is 2.10. The number of amides is 2. The summed E-state index contributed by atoms with van der Waals surface area (Å²) in [6.45, 7) is 5.89. The molecule has 0 atom stereocenters. The van der Waals surface area contributed by atoms with E-state index in [-0.39, 0.29) is 11.8 Å². The third-order valence-electron chi connectivity index (χ3n) is 5.09. The minimum absolute atomic E-state index is 0.0713. The summed E-state index contributed by atoms with van der Waals surface area (Å²) >= 11 is 0. The van der Waals surface area contributed by atoms with E-state index in [1.54, 1.807) is 12.1 Å². The Bertz CT molecular complexity index is 805. The lowest BCUT2D eigenvalue weighted by molar-refractivity contribution is -0.121. The third kappa shape index (κ3) is 8.39. The predicted molar refractivity (Wildman–Crippen MR) is 119 cm³/mol. The maximum absolute atomic E-state index is 12.3. The van der Waals surface area contributed by atoms with E-state index in [2.05, 4.69) is 15.5 Å². The van der Waals surface area contributed by atoms with Crippen LogP contribution in [0.2, 0.25) is 0 Å². The fourth-order valence-corrected chi connectivity index (χ4v) is 3.27. The fraction of sp³-hybridized carbons (Fsp3) is 0.417. The zero-order chi connectivity index (χ0) is 21.7. The molecule has 0 radical (unpaired) electrons. The second-order valence-corrected chi connectivity index (χ2v) is 7.45. The molecule has 1 aliphatic heterocycles. The molecule has 2 amide bonds. The molecule has 0 unspecified atom stereocenters. The topological polar surface area (TPSA) is 79.9 Å². The molecule has 1 fully saturated rings. The molecule has 166 valence electrons. The molecular weight excluding hydrogens is 394 g/mol. The quantitative estimate of drug-likeness (QED) is 0.540. The number of morpholine rings is 1. The summed E-state index contributed by atoms with van der Waals surface area (Å²) in [5.74, 6) is 0.610. The van der Waals surface area contributed by atoms with Gasteiger partial charge in [-0.2, -0.15) is 0 Å². The number of rotatable bonds is 11. The van der Waals surface area contributed by atoms with Crippen molar-refractivity contribution in [1.29, 1.82) is 0 Å². The zero-order valence-electron chi connectivity index (χ0n) is 17.8. The number of nitrogens with one attached hydrogen (secondary N) is 2. The summed E-state index contributed by atoms with van der Waals surface area (Å²) < 4.78 is 10.9. The van der Waals surface area contributed by atoms with Gasteiger partial charge in [-0.05, 0) is 42.8 Å². The first-order valence-electron chi connectivity index (χ1n) is 10.8. The highest BCUT2D eigenvalue weighted by atomic mass is 16.5. The van der Waals surface area contributed by atoms with E-state index < -0.39 is 0 Å². The largest absolute Gasteiger partial charge is 0.493 e. The van der Waals surface area contributed by atoms with Gasteiger partial charge in [0.25, 0.3) is 5.91 Å². The number of carbonyl (C=O) groups is 2. The van der Waals surface area contributed by atoms with Crippen LogP contribution < -0.4 is 15.4 Å². The van der Waals surface area contributed by atoms with Gasteiger partial charge in [0, 0.05) is 31.7 Å². The minimum atomic E-state index is -0.0735. The smallest absolute Gasteiger partial charge is 0.251 e. The van der Waals surface area contributed by atoms with Crippen LogP contribution in [0.15, 0.2) is 54.6 Å². The monoisotopic (exact) mass is 425 g/mol. The second-order valence-electron chi connectivity index (χ2n) is 7.45. The SMILES string of the molecule is O=C(CCOc1ccccc1)NCc1ccc(C(=O)NCCCN2CCOCC2)cc1. The number of carbonyl (C=O) groups excluding carboxylic acids is 2. The van der Waals surface area contributed by atoms with Crippen molar-refractivity contribution in [3.63, 3.8) is 0 Å². The molecular formula is C24H31N3O4. The Labute approximate surface area is 183 Å². The lowest BCUT2D eigenvalue weighted by Gasteiger charge is -2.26. The Kier molecular flexibility index (Phi) is 9.34. The maximum Gasteiger partial charge on any atom is 0.251 e. The highest BCUT2D eigenvalue weighted by molar-refractivity contribution is 5.94. The molecule has 0 saturated carbocycles. The van der Waals surface area contributed by atoms with E-state index in [0.717, 1.165) is 50.6 Å². The van der Waals surface area contributed by atoms with Gasteiger partial charge in [0.05, 0.1) is 26.2 Å². The van der Waals surface area contributed by atoms with Gasteiger partial charge >= 0.3 is 0 Å². The number of benzene rings is 2. The normalized spacial score (nSPS) is 14.1. The Morgan fingerprint density at radius 2 is 1.71 bits per heavy atom. The van der Waals surface area contributed by atoms with Gasteiger partial charge in [0.15, 0.2) is 0 Å². The van der Waals surface area contributed by atoms with E-state index >= 15 is 0 Å². The molecule has 7 nitrogen and oxygen atoms in total. The molecule has 2 aromatic rings. The van der Waals surface area contributed by atoms with Gasteiger partial charge in [-0.3, -0.25) is 14.5 Å². The average Bonchev–Trinajstić information content (AvgIpc) is 2.82. The summed E-state index contributed by atoms with van der Waals surface area (Å²) in [4.78, 5) is 26.6. The van der Waals surface area contributed by atoms with E-state index in [0.29, 0.717) is 31.7 Å². The van der Waals surface area contributed by atoms with Crippen LogP contribution in [0.3, 0.4) is 0 Å². The molecule has 1 saturated heterocycles. The first-order chi connectivity index (χ1) is 15.2. The number of hydrogen-bond acceptors (Lipinski definition) is 5. The lowest BCUT2D eigenvalue weighted by Crippen LogP contribution is -2.38. The molecule has 1 aliphatic rings. The second kappa shape index (κ2) is 12.7. The van der Waals surface area contributed by atoms with Crippen LogP contribution in [0.5, 0.6) is 5.75 Å². The molecule has 1 heterocycles. The van der Waals surface area contributed by atoms with Gasteiger partial charge in [-0.25, -0.2) is 0 Å². The van der Waals surface area contributed by atoms with Crippen molar-refractivity contribution < 1.29 is 19.1 Å². The Morgan fingerprint density at radius 1 is 0.968 bits per heavy atom. The molecule has 2 N–H and O–H groups in total. The van der Waals surface area contributed by atoms with Crippen LogP contribution in [-0.2, 0) is 16.1 Å². The van der Waals surface area contributed by atoms with Crippen LogP contribution in [0.1, 0.15) is 28.8 Å². The van der Waals surface area contributed by atoms with Crippen molar-refractivity contribution in [2.45, 2.75) is 19.4 Å². The molecule has 31 heavy (non-hydrogen) atoms. The summed E-state index contributed by atoms with van der Waals surface area (Å²) in [6, 6.07) is 16.7. The van der Waals surface area contributed by atoms with Gasteiger partial charge in [0.2, 0.25) is 5.91 Å². The zero-order valence-corrected chi connectivity index (χ0v) is 17.8. The summed E-state index contributed by atoms with van der Waals surface area (Å²) in [7, 11) is 0. The summed E-state index contributed by atoms with van der Waals surface area (Å²) in [5.41, 5.74) is 1.57. The van der Waals surface area contributed by atoms with E-state index in [1.165, 1.54) is 0 Å².